The first-order valence-electron chi connectivity index (χ1n) is 8.18. The minimum atomic E-state index is 0.0186. The highest BCUT2D eigenvalue weighted by Gasteiger charge is 2.26. The van der Waals surface area contributed by atoms with Gasteiger partial charge in [-0.3, -0.25) is 4.79 Å². The molecule has 4 aromatic rings. The molecule has 0 amide bonds. The minimum Gasteiger partial charge on any atom is -0.303 e. The van der Waals surface area contributed by atoms with E-state index in [-0.39, 0.29) is 5.78 Å². The van der Waals surface area contributed by atoms with Crippen molar-refractivity contribution in [2.75, 3.05) is 0 Å². The molecule has 130 valence electrons. The van der Waals surface area contributed by atoms with Crippen molar-refractivity contribution in [2.45, 2.75) is 0 Å². The number of carbonyl (C=O) groups is 1. The van der Waals surface area contributed by atoms with Crippen molar-refractivity contribution in [2.24, 2.45) is 21.5 Å². The number of para-hydroxylation sites is 1. The lowest BCUT2D eigenvalue weighted by atomic mass is 9.84. The van der Waals surface area contributed by atoms with Crippen LogP contribution in [0.3, 0.4) is 0 Å². The Morgan fingerprint density at radius 3 is 2.22 bits per heavy atom. The van der Waals surface area contributed by atoms with E-state index in [2.05, 4.69) is 50.8 Å². The van der Waals surface area contributed by atoms with Gasteiger partial charge in [0.05, 0.1) is 5.52 Å². The summed E-state index contributed by atoms with van der Waals surface area (Å²) in [7, 11) is 0. The molecule has 0 fully saturated rings. The fourth-order valence-corrected chi connectivity index (χ4v) is 3.47. The number of carbonyl (C=O) groups excluding carboxylic acids is 1. The fraction of sp³-hybridized carbons (Fsp3) is 0. The SMILES string of the molecule is N=N/N=N/N.O=C1c2ccccc2-c2cccc3c2c1nc1ccccc13. The standard InChI is InChI=1S/C20H11NO.H3N5/c22-20-16-8-2-1-6-12(16)14-9-5-10-15-13-7-3-4-11-17(13)21-19(20)18(14)15;1-3-5-4-2/h1-11H;(H3,1,2,5). The number of aromatic nitrogens is 1. The van der Waals surface area contributed by atoms with Gasteiger partial charge in [-0.05, 0) is 33.0 Å². The second-order valence-electron chi connectivity index (χ2n) is 5.89. The highest BCUT2D eigenvalue weighted by molar-refractivity contribution is 6.28. The topological polar surface area (TPSA) is 117 Å². The van der Waals surface area contributed by atoms with Gasteiger partial charge >= 0.3 is 0 Å². The molecule has 27 heavy (non-hydrogen) atoms. The molecule has 0 radical (unpaired) electrons. The maximum Gasteiger partial charge on any atom is 0.212 e. The highest BCUT2D eigenvalue weighted by atomic mass is 16.1. The second kappa shape index (κ2) is 6.72. The van der Waals surface area contributed by atoms with Crippen LogP contribution in [0.4, 0.5) is 0 Å². The van der Waals surface area contributed by atoms with Crippen LogP contribution < -0.4 is 5.84 Å². The number of hydrogen-bond acceptors (Lipinski definition) is 4. The summed E-state index contributed by atoms with van der Waals surface area (Å²) in [6.07, 6.45) is 0. The van der Waals surface area contributed by atoms with Crippen molar-refractivity contribution in [3.8, 4) is 11.1 Å². The van der Waals surface area contributed by atoms with Gasteiger partial charge in [-0.2, -0.15) is 5.53 Å². The molecule has 7 nitrogen and oxygen atoms in total. The summed E-state index contributed by atoms with van der Waals surface area (Å²) in [4.78, 5) is 17.5. The molecule has 5 rings (SSSR count). The van der Waals surface area contributed by atoms with Crippen molar-refractivity contribution < 1.29 is 4.79 Å². The van der Waals surface area contributed by atoms with Crippen LogP contribution in [-0.2, 0) is 0 Å². The van der Waals surface area contributed by atoms with Gasteiger partial charge in [0.25, 0.3) is 0 Å². The van der Waals surface area contributed by atoms with Crippen molar-refractivity contribution in [3.63, 3.8) is 0 Å². The van der Waals surface area contributed by atoms with Gasteiger partial charge < -0.3 is 5.84 Å². The van der Waals surface area contributed by atoms with E-state index in [1.165, 1.54) is 0 Å². The van der Waals surface area contributed by atoms with Crippen LogP contribution in [0.2, 0.25) is 0 Å². The van der Waals surface area contributed by atoms with Crippen LogP contribution >= 0.6 is 0 Å². The van der Waals surface area contributed by atoms with Gasteiger partial charge in [0.15, 0.2) is 0 Å². The van der Waals surface area contributed by atoms with Gasteiger partial charge in [0, 0.05) is 16.3 Å². The van der Waals surface area contributed by atoms with Crippen molar-refractivity contribution >= 4 is 27.5 Å². The monoisotopic (exact) mass is 354 g/mol. The zero-order valence-corrected chi connectivity index (χ0v) is 14.1. The van der Waals surface area contributed by atoms with E-state index < -0.39 is 0 Å². The van der Waals surface area contributed by atoms with Crippen molar-refractivity contribution in [3.05, 3.63) is 78.0 Å². The lowest BCUT2D eigenvalue weighted by molar-refractivity contribution is 0.103. The number of ketones is 1. The molecular weight excluding hydrogens is 340 g/mol. The number of hydrogen-bond donors (Lipinski definition) is 2. The zero-order chi connectivity index (χ0) is 18.8. The largest absolute Gasteiger partial charge is 0.303 e. The first-order valence-corrected chi connectivity index (χ1v) is 8.18. The molecule has 1 aliphatic rings. The summed E-state index contributed by atoms with van der Waals surface area (Å²) >= 11 is 0. The zero-order valence-electron chi connectivity index (χ0n) is 14.1. The number of rotatable bonds is 1. The summed E-state index contributed by atoms with van der Waals surface area (Å²) in [6.45, 7) is 0. The Hall–Kier alpha value is -4.00. The number of nitrogens with zero attached hydrogens (tertiary/aromatic N) is 4. The molecule has 0 aliphatic heterocycles. The number of fused-ring (bicyclic) bond motifs is 4. The minimum absolute atomic E-state index is 0.0186. The van der Waals surface area contributed by atoms with Crippen molar-refractivity contribution in [1.29, 1.82) is 5.53 Å². The van der Waals surface area contributed by atoms with E-state index >= 15 is 0 Å². The van der Waals surface area contributed by atoms with Gasteiger partial charge in [-0.15, -0.1) is 0 Å². The van der Waals surface area contributed by atoms with Gasteiger partial charge in [-0.25, -0.2) is 4.98 Å². The molecule has 0 saturated carbocycles. The first kappa shape index (κ1) is 16.5. The average molecular weight is 354 g/mol. The first-order chi connectivity index (χ1) is 13.3. The van der Waals surface area contributed by atoms with Gasteiger partial charge in [-0.1, -0.05) is 65.9 Å². The summed E-state index contributed by atoms with van der Waals surface area (Å²) in [5.41, 5.74) is 10.2. The highest BCUT2D eigenvalue weighted by Crippen LogP contribution is 2.40. The normalized spacial score (nSPS) is 11.9. The maximum absolute atomic E-state index is 12.9. The Bertz CT molecular complexity index is 1230. The quantitative estimate of drug-likeness (QED) is 0.194. The van der Waals surface area contributed by atoms with Gasteiger partial charge in [0.2, 0.25) is 5.78 Å². The molecular formula is C20H14N6O. The van der Waals surface area contributed by atoms with E-state index in [1.807, 2.05) is 42.5 Å². The molecule has 0 spiro atoms. The van der Waals surface area contributed by atoms with Crippen LogP contribution in [-0.4, -0.2) is 10.8 Å². The molecule has 0 unspecified atom stereocenters. The van der Waals surface area contributed by atoms with Crippen LogP contribution in [0.1, 0.15) is 16.1 Å². The van der Waals surface area contributed by atoms with E-state index in [4.69, 9.17) is 5.53 Å². The molecule has 1 aromatic heterocycles. The third-order valence-corrected chi connectivity index (χ3v) is 4.50. The van der Waals surface area contributed by atoms with E-state index in [0.717, 1.165) is 38.4 Å². The van der Waals surface area contributed by atoms with E-state index in [9.17, 15) is 4.79 Å². The summed E-state index contributed by atoms with van der Waals surface area (Å²) < 4.78 is 0. The average Bonchev–Trinajstić information content (AvgIpc) is 2.73. The Morgan fingerprint density at radius 1 is 0.815 bits per heavy atom. The third kappa shape index (κ3) is 2.62. The molecule has 3 N–H and O–H groups in total. The van der Waals surface area contributed by atoms with Gasteiger partial charge in [0.1, 0.15) is 5.69 Å². The maximum atomic E-state index is 12.9. The molecule has 1 aliphatic carbocycles. The molecule has 7 heteroatoms. The predicted octanol–water partition coefficient (Wildman–Crippen LogP) is 4.86. The molecule has 0 atom stereocenters. The van der Waals surface area contributed by atoms with Crippen LogP contribution in [0.5, 0.6) is 0 Å². The molecule has 3 aromatic carbocycles. The second-order valence-corrected chi connectivity index (χ2v) is 5.89. The number of nitrogens with two attached hydrogens (primary N) is 1. The number of pyridine rings is 1. The van der Waals surface area contributed by atoms with Crippen molar-refractivity contribution in [1.82, 2.24) is 4.98 Å². The lowest BCUT2D eigenvalue weighted by Crippen LogP contribution is -2.12. The fourth-order valence-electron chi connectivity index (χ4n) is 3.47. The Labute approximate surface area is 154 Å². The predicted molar refractivity (Wildman–Crippen MR) is 102 cm³/mol. The summed E-state index contributed by atoms with van der Waals surface area (Å²) in [6, 6.07) is 22.0. The van der Waals surface area contributed by atoms with Crippen LogP contribution in [0.15, 0.2) is 82.4 Å². The summed E-state index contributed by atoms with van der Waals surface area (Å²) in [5, 5.41) is 10.9. The molecule has 1 heterocycles. The number of nitrogens with one attached hydrogen (secondary N) is 1. The van der Waals surface area contributed by atoms with Crippen LogP contribution in [0.25, 0.3) is 32.8 Å². The Morgan fingerprint density at radius 2 is 1.48 bits per heavy atom. The van der Waals surface area contributed by atoms with Crippen LogP contribution in [0, 0.1) is 5.53 Å². The smallest absolute Gasteiger partial charge is 0.212 e. The van der Waals surface area contributed by atoms with E-state index in [1.54, 1.807) is 0 Å². The number of benzene rings is 3. The third-order valence-electron chi connectivity index (χ3n) is 4.50. The Kier molecular flexibility index (Phi) is 4.10. The molecule has 0 saturated heterocycles. The Balaban J connectivity index is 0.000000323. The molecule has 0 bridgehead atoms. The van der Waals surface area contributed by atoms with E-state index in [0.29, 0.717) is 5.69 Å². The lowest BCUT2D eigenvalue weighted by Gasteiger charge is -2.20. The summed E-state index contributed by atoms with van der Waals surface area (Å²) in [5.74, 6) is 4.40.